The van der Waals surface area contributed by atoms with Crippen molar-refractivity contribution in [1.29, 1.82) is 5.41 Å². The maximum absolute atomic E-state index is 13.5. The lowest BCUT2D eigenvalue weighted by Crippen LogP contribution is -2.50. The van der Waals surface area contributed by atoms with Crippen molar-refractivity contribution in [2.75, 3.05) is 23.2 Å². The third-order valence-electron chi connectivity index (χ3n) is 7.56. The standard InChI is InChI=1S/C32H31N7O15S3/c1-17-3-5-24(28(9-17)56(47,48)49)36-35-23-6-4-21(11-20(23)15-53-16-33)34-38-29-22(32(43)44)13-26(41)30(31(29)42)39-37-25-10-18(2)27(12-19(25)14-40)55(45,46)8-7-54-57(50,51)52/h3-6,9-13,16,33-34,37,40H,7-8,14-15H2,1-2H3,(H,43,44)(H,47,48,49)(H,50,51,52)/b33-16?,36-35?,38-29-,39-30+. The molecule has 0 radical (unpaired) electrons. The number of nitrogens with zero attached hydrogens (tertiary/aromatic N) is 4. The molecule has 4 aromatic carbocycles. The number of carboxylic acid groups (broad SMARTS) is 1. The fourth-order valence-corrected chi connectivity index (χ4v) is 7.41. The molecule has 0 aromatic heterocycles. The zero-order chi connectivity index (χ0) is 42.3. The Morgan fingerprint density at radius 1 is 0.842 bits per heavy atom. The molecule has 7 N–H and O–H groups in total. The van der Waals surface area contributed by atoms with E-state index in [9.17, 15) is 54.4 Å². The highest BCUT2D eigenvalue weighted by Gasteiger charge is 2.22. The number of carboxylic acids is 1. The molecule has 0 aliphatic rings. The van der Waals surface area contributed by atoms with Crippen molar-refractivity contribution in [2.45, 2.75) is 36.9 Å². The van der Waals surface area contributed by atoms with Crippen molar-refractivity contribution < 1.29 is 58.3 Å². The Labute approximate surface area is 322 Å². The first-order chi connectivity index (χ1) is 26.6. The van der Waals surface area contributed by atoms with Gasteiger partial charge in [0.15, 0.2) is 21.6 Å². The summed E-state index contributed by atoms with van der Waals surface area (Å²) in [5.41, 5.74) is 2.34. The van der Waals surface area contributed by atoms with Crippen molar-refractivity contribution in [1.82, 2.24) is 0 Å². The Morgan fingerprint density at radius 3 is 2.14 bits per heavy atom. The molecule has 302 valence electrons. The van der Waals surface area contributed by atoms with E-state index in [0.29, 0.717) is 18.0 Å². The summed E-state index contributed by atoms with van der Waals surface area (Å²) < 4.78 is 98.4. The van der Waals surface area contributed by atoms with E-state index in [4.69, 9.17) is 14.7 Å². The van der Waals surface area contributed by atoms with Crippen LogP contribution < -0.4 is 32.4 Å². The molecule has 0 saturated heterocycles. The number of aromatic carboxylic acids is 1. The Kier molecular flexibility index (Phi) is 13.6. The number of ether oxygens (including phenoxy) is 1. The third-order valence-corrected chi connectivity index (χ3v) is 10.7. The van der Waals surface area contributed by atoms with E-state index in [1.807, 2.05) is 0 Å². The van der Waals surface area contributed by atoms with Crippen LogP contribution >= 0.6 is 0 Å². The number of rotatable bonds is 17. The van der Waals surface area contributed by atoms with E-state index in [2.05, 4.69) is 35.5 Å². The number of azo groups is 1. The number of anilines is 2. The van der Waals surface area contributed by atoms with Crippen LogP contribution in [0.1, 0.15) is 32.6 Å². The summed E-state index contributed by atoms with van der Waals surface area (Å²) in [6.07, 6.45) is 0.627. The van der Waals surface area contributed by atoms with Crippen LogP contribution in [-0.2, 0) is 52.5 Å². The second kappa shape index (κ2) is 17.8. The maximum Gasteiger partial charge on any atom is 0.397 e. The van der Waals surface area contributed by atoms with Gasteiger partial charge < -0.3 is 14.9 Å². The van der Waals surface area contributed by atoms with E-state index in [1.54, 1.807) is 13.0 Å². The van der Waals surface area contributed by atoms with E-state index >= 15 is 0 Å². The zero-order valence-electron chi connectivity index (χ0n) is 29.4. The molecule has 22 nitrogen and oxygen atoms in total. The molecule has 0 bridgehead atoms. The molecule has 0 fully saturated rings. The molecule has 0 heterocycles. The lowest BCUT2D eigenvalue weighted by molar-refractivity contribution is 0.0694. The van der Waals surface area contributed by atoms with E-state index in [-0.39, 0.29) is 50.9 Å². The molecule has 0 atom stereocenters. The Bertz CT molecular complexity index is 2860. The minimum Gasteiger partial charge on any atom is -0.479 e. The zero-order valence-corrected chi connectivity index (χ0v) is 31.8. The Morgan fingerprint density at radius 2 is 1.51 bits per heavy atom. The first-order valence-corrected chi connectivity index (χ1v) is 20.1. The van der Waals surface area contributed by atoms with Crippen LogP contribution in [0.2, 0.25) is 0 Å². The molecule has 0 aliphatic heterocycles. The van der Waals surface area contributed by atoms with Gasteiger partial charge in [0.2, 0.25) is 10.9 Å². The minimum absolute atomic E-state index is 0.0541. The second-order valence-corrected chi connectivity index (χ2v) is 16.2. The maximum atomic E-state index is 13.5. The van der Waals surface area contributed by atoms with Crippen LogP contribution in [0.3, 0.4) is 0 Å². The normalized spacial score (nSPS) is 12.9. The van der Waals surface area contributed by atoms with Crippen molar-refractivity contribution in [2.24, 2.45) is 20.4 Å². The summed E-state index contributed by atoms with van der Waals surface area (Å²) in [6.45, 7) is 0.970. The van der Waals surface area contributed by atoms with Crippen LogP contribution in [0.4, 0.5) is 22.7 Å². The van der Waals surface area contributed by atoms with Gasteiger partial charge in [0.25, 0.3) is 10.1 Å². The molecular formula is C32H31N7O15S3. The molecule has 25 heteroatoms. The molecule has 0 saturated carbocycles. The summed E-state index contributed by atoms with van der Waals surface area (Å²) in [6, 6.07) is 10.9. The summed E-state index contributed by atoms with van der Waals surface area (Å²) in [5.74, 6) is -2.56. The summed E-state index contributed by atoms with van der Waals surface area (Å²) in [4.78, 5) is 37.5. The Hall–Kier alpha value is -6.09. The molecule has 0 amide bonds. The first kappa shape index (κ1) is 43.6. The average molecular weight is 850 g/mol. The fourth-order valence-electron chi connectivity index (χ4n) is 4.91. The van der Waals surface area contributed by atoms with Gasteiger partial charge in [0.1, 0.15) is 22.5 Å². The van der Waals surface area contributed by atoms with Crippen molar-refractivity contribution >= 4 is 65.5 Å². The van der Waals surface area contributed by atoms with Gasteiger partial charge in [-0.1, -0.05) is 6.07 Å². The predicted octanol–water partition coefficient (Wildman–Crippen LogP) is 1.32. The summed E-state index contributed by atoms with van der Waals surface area (Å²) in [7, 11) is -13.8. The summed E-state index contributed by atoms with van der Waals surface area (Å²) in [5, 5.41) is 41.0. The second-order valence-electron chi connectivity index (χ2n) is 11.6. The SMILES string of the molecule is Cc1ccc(N=Nc2ccc(N/N=c3/c(C(=O)O)cc(=O)/c(=N\Nc4cc(C)c(S(=O)(=O)CCOS(=O)(=O)O)cc4CO)c3=O)cc2COC=N)c(S(=O)(=O)O)c1. The van der Waals surface area contributed by atoms with Gasteiger partial charge >= 0.3 is 16.4 Å². The molecule has 4 rings (SSSR count). The average Bonchev–Trinajstić information content (AvgIpc) is 3.12. The predicted molar refractivity (Wildman–Crippen MR) is 199 cm³/mol. The number of hydrogen-bond donors (Lipinski definition) is 7. The molecule has 0 unspecified atom stereocenters. The van der Waals surface area contributed by atoms with Crippen molar-refractivity contribution in [3.05, 3.63) is 114 Å². The number of benzene rings is 4. The van der Waals surface area contributed by atoms with Gasteiger partial charge in [-0.2, -0.15) is 32.2 Å². The quantitative estimate of drug-likeness (QED) is 0.0259. The first-order valence-electron chi connectivity index (χ1n) is 15.7. The number of aliphatic hydroxyl groups excluding tert-OH is 1. The highest BCUT2D eigenvalue weighted by atomic mass is 32.3. The highest BCUT2D eigenvalue weighted by molar-refractivity contribution is 7.91. The minimum atomic E-state index is -4.91. The largest absolute Gasteiger partial charge is 0.479 e. The number of carbonyl (C=O) groups is 1. The summed E-state index contributed by atoms with van der Waals surface area (Å²) >= 11 is 0. The molecule has 0 spiro atoms. The van der Waals surface area contributed by atoms with Gasteiger partial charge in [-0.25, -0.2) is 17.4 Å². The van der Waals surface area contributed by atoms with Crippen LogP contribution in [0.25, 0.3) is 0 Å². The van der Waals surface area contributed by atoms with Crippen LogP contribution in [0.5, 0.6) is 0 Å². The Balaban J connectivity index is 1.72. The van der Waals surface area contributed by atoms with Gasteiger partial charge in [-0.05, 0) is 67.4 Å². The van der Waals surface area contributed by atoms with Gasteiger partial charge in [-0.15, -0.1) is 5.11 Å². The van der Waals surface area contributed by atoms with Crippen molar-refractivity contribution in [3.63, 3.8) is 0 Å². The number of sulfone groups is 1. The lowest BCUT2D eigenvalue weighted by atomic mass is 10.1. The van der Waals surface area contributed by atoms with E-state index in [0.717, 1.165) is 6.07 Å². The highest BCUT2D eigenvalue weighted by Crippen LogP contribution is 2.30. The number of nitrogens with one attached hydrogen (secondary N) is 3. The third kappa shape index (κ3) is 11.3. The van der Waals surface area contributed by atoms with Crippen LogP contribution in [-0.4, -0.2) is 69.3 Å². The van der Waals surface area contributed by atoms with E-state index in [1.165, 1.54) is 43.3 Å². The number of aliphatic hydroxyl groups is 1. The van der Waals surface area contributed by atoms with Crippen LogP contribution in [0, 0.1) is 19.3 Å². The number of aryl methyl sites for hydroxylation is 2. The molecule has 4 aromatic rings. The van der Waals surface area contributed by atoms with Gasteiger partial charge in [-0.3, -0.25) is 35.0 Å². The monoisotopic (exact) mass is 849 g/mol. The molecule has 0 aliphatic carbocycles. The van der Waals surface area contributed by atoms with Gasteiger partial charge in [0, 0.05) is 17.2 Å². The van der Waals surface area contributed by atoms with E-state index < -0.39 is 87.3 Å². The number of hydrogen-bond acceptors (Lipinski definition) is 19. The van der Waals surface area contributed by atoms with Gasteiger partial charge in [0.05, 0.1) is 46.5 Å². The topological polar surface area (TPSA) is 350 Å². The molecule has 57 heavy (non-hydrogen) atoms. The van der Waals surface area contributed by atoms with Crippen molar-refractivity contribution in [3.8, 4) is 0 Å². The van der Waals surface area contributed by atoms with Crippen LogP contribution in [0.15, 0.2) is 94.4 Å². The fraction of sp³-hybridized carbons (Fsp3) is 0.188. The lowest BCUT2D eigenvalue weighted by Gasteiger charge is -2.13. The smallest absolute Gasteiger partial charge is 0.397 e. The molecular weight excluding hydrogens is 819 g/mol.